The van der Waals surface area contributed by atoms with Gasteiger partial charge in [-0.25, -0.2) is 8.42 Å². The lowest BCUT2D eigenvalue weighted by molar-refractivity contribution is -0.153. The molecule has 154 valence electrons. The number of nitrogens with one attached hydrogen (secondary N) is 2. The highest BCUT2D eigenvalue weighted by Gasteiger charge is 2.28. The fourth-order valence-corrected chi connectivity index (χ4v) is 2.25. The molecule has 0 saturated carbocycles. The summed E-state index contributed by atoms with van der Waals surface area (Å²) in [5.41, 5.74) is 0.835. The van der Waals surface area contributed by atoms with E-state index in [-0.39, 0.29) is 18.1 Å². The molecule has 0 aliphatic rings. The summed E-state index contributed by atoms with van der Waals surface area (Å²) in [5, 5.41) is 6.04. The van der Waals surface area contributed by atoms with Crippen LogP contribution in [0.25, 0.3) is 0 Å². The summed E-state index contributed by atoms with van der Waals surface area (Å²) in [6.07, 6.45) is -3.22. The summed E-state index contributed by atoms with van der Waals surface area (Å²) in [7, 11) is -1.44. The Labute approximate surface area is 156 Å². The van der Waals surface area contributed by atoms with E-state index in [1.54, 1.807) is 19.2 Å². The number of halogens is 3. The Morgan fingerprint density at radius 3 is 2.37 bits per heavy atom. The average Bonchev–Trinajstić information content (AvgIpc) is 2.58. The van der Waals surface area contributed by atoms with Crippen LogP contribution in [-0.2, 0) is 21.1 Å². The molecule has 7 nitrogen and oxygen atoms in total. The predicted octanol–water partition coefficient (Wildman–Crippen LogP) is 1.35. The van der Waals surface area contributed by atoms with E-state index in [1.165, 1.54) is 12.1 Å². The lowest BCUT2D eigenvalue weighted by atomic mass is 10.2. The standard InChI is InChI=1S/C16H24F3N3O4S/c1-20-15(21-7-8-25-9-10-27(2,23)24)22-11-13-3-5-14(6-4-13)26-12-16(17,18)19/h3-6H,7-12H2,1-2H3,(H2,20,21,22). The van der Waals surface area contributed by atoms with Crippen LogP contribution in [0.15, 0.2) is 29.3 Å². The SMILES string of the molecule is CN=C(NCCOCCS(C)(=O)=O)NCc1ccc(OCC(F)(F)F)cc1. The summed E-state index contributed by atoms with van der Waals surface area (Å²) in [4.78, 5) is 4.03. The third kappa shape index (κ3) is 12.1. The molecule has 0 heterocycles. The van der Waals surface area contributed by atoms with Gasteiger partial charge in [-0.1, -0.05) is 12.1 Å². The minimum Gasteiger partial charge on any atom is -0.484 e. The first-order valence-corrected chi connectivity index (χ1v) is 10.1. The highest BCUT2D eigenvalue weighted by atomic mass is 32.2. The minimum absolute atomic E-state index is 0.0251. The molecule has 0 bridgehead atoms. The topological polar surface area (TPSA) is 89.0 Å². The Hall–Kier alpha value is -2.01. The van der Waals surface area contributed by atoms with E-state index in [0.29, 0.717) is 25.7 Å². The molecule has 0 amide bonds. The van der Waals surface area contributed by atoms with Gasteiger partial charge >= 0.3 is 6.18 Å². The Morgan fingerprint density at radius 2 is 1.81 bits per heavy atom. The zero-order valence-corrected chi connectivity index (χ0v) is 16.0. The lowest BCUT2D eigenvalue weighted by Gasteiger charge is -2.13. The molecular formula is C16H24F3N3O4S. The molecule has 0 atom stereocenters. The molecular weight excluding hydrogens is 387 g/mol. The van der Waals surface area contributed by atoms with Crippen LogP contribution >= 0.6 is 0 Å². The van der Waals surface area contributed by atoms with Gasteiger partial charge in [-0.2, -0.15) is 13.2 Å². The van der Waals surface area contributed by atoms with E-state index in [0.717, 1.165) is 11.8 Å². The number of hydrogen-bond acceptors (Lipinski definition) is 5. The first-order valence-electron chi connectivity index (χ1n) is 8.07. The highest BCUT2D eigenvalue weighted by Crippen LogP contribution is 2.18. The number of aliphatic imine (C=N–C) groups is 1. The molecule has 27 heavy (non-hydrogen) atoms. The second-order valence-corrected chi connectivity index (χ2v) is 7.90. The van der Waals surface area contributed by atoms with Crippen molar-refractivity contribution in [3.63, 3.8) is 0 Å². The van der Waals surface area contributed by atoms with E-state index in [2.05, 4.69) is 20.4 Å². The van der Waals surface area contributed by atoms with Crippen molar-refractivity contribution in [1.82, 2.24) is 10.6 Å². The highest BCUT2D eigenvalue weighted by molar-refractivity contribution is 7.90. The number of sulfone groups is 1. The van der Waals surface area contributed by atoms with Gasteiger partial charge in [0.2, 0.25) is 0 Å². The van der Waals surface area contributed by atoms with Gasteiger partial charge in [0.15, 0.2) is 12.6 Å². The maximum atomic E-state index is 12.1. The van der Waals surface area contributed by atoms with E-state index in [9.17, 15) is 21.6 Å². The van der Waals surface area contributed by atoms with Gasteiger partial charge in [0.1, 0.15) is 15.6 Å². The van der Waals surface area contributed by atoms with Crippen molar-refractivity contribution in [1.29, 1.82) is 0 Å². The summed E-state index contributed by atoms with van der Waals surface area (Å²) in [5.74, 6) is 0.631. The first-order chi connectivity index (χ1) is 12.6. The van der Waals surface area contributed by atoms with E-state index >= 15 is 0 Å². The molecule has 1 aromatic rings. The molecule has 0 saturated heterocycles. The molecule has 0 spiro atoms. The molecule has 1 aromatic carbocycles. The molecule has 0 unspecified atom stereocenters. The van der Waals surface area contributed by atoms with Crippen LogP contribution in [0.5, 0.6) is 5.75 Å². The summed E-state index contributed by atoms with van der Waals surface area (Å²) < 4.78 is 68.1. The molecule has 0 aromatic heterocycles. The molecule has 0 radical (unpaired) electrons. The molecule has 0 aliphatic heterocycles. The zero-order chi connectivity index (χ0) is 20.3. The number of guanidine groups is 1. The van der Waals surface area contributed by atoms with Crippen LogP contribution in [0.4, 0.5) is 13.2 Å². The smallest absolute Gasteiger partial charge is 0.422 e. The third-order valence-electron chi connectivity index (χ3n) is 3.15. The maximum Gasteiger partial charge on any atom is 0.422 e. The van der Waals surface area contributed by atoms with Gasteiger partial charge in [-0.3, -0.25) is 4.99 Å². The molecule has 0 aliphatic carbocycles. The van der Waals surface area contributed by atoms with Gasteiger partial charge in [0, 0.05) is 26.4 Å². The second-order valence-electron chi connectivity index (χ2n) is 5.64. The Bertz CT molecular complexity index is 692. The second kappa shape index (κ2) is 11.0. The van der Waals surface area contributed by atoms with Crippen molar-refractivity contribution in [3.8, 4) is 5.75 Å². The van der Waals surface area contributed by atoms with E-state index in [4.69, 9.17) is 4.74 Å². The van der Waals surface area contributed by atoms with Crippen LogP contribution < -0.4 is 15.4 Å². The van der Waals surface area contributed by atoms with Crippen LogP contribution in [0.2, 0.25) is 0 Å². The molecule has 1 rings (SSSR count). The number of ether oxygens (including phenoxy) is 2. The first kappa shape index (κ1) is 23.0. The molecule has 0 fully saturated rings. The predicted molar refractivity (Wildman–Crippen MR) is 96.7 cm³/mol. The van der Waals surface area contributed by atoms with E-state index in [1.807, 2.05) is 0 Å². The van der Waals surface area contributed by atoms with Crippen LogP contribution in [0.1, 0.15) is 5.56 Å². The Balaban J connectivity index is 2.28. The fraction of sp³-hybridized carbons (Fsp3) is 0.562. The normalized spacial score (nSPS) is 12.7. The van der Waals surface area contributed by atoms with Crippen molar-refractivity contribution in [2.75, 3.05) is 45.4 Å². The van der Waals surface area contributed by atoms with Crippen LogP contribution in [0.3, 0.4) is 0 Å². The van der Waals surface area contributed by atoms with Gasteiger partial charge in [0.25, 0.3) is 0 Å². The van der Waals surface area contributed by atoms with Crippen molar-refractivity contribution < 1.29 is 31.1 Å². The van der Waals surface area contributed by atoms with Crippen molar-refractivity contribution >= 4 is 15.8 Å². The largest absolute Gasteiger partial charge is 0.484 e. The van der Waals surface area contributed by atoms with Crippen molar-refractivity contribution in [3.05, 3.63) is 29.8 Å². The zero-order valence-electron chi connectivity index (χ0n) is 15.2. The van der Waals surface area contributed by atoms with Gasteiger partial charge < -0.3 is 20.1 Å². The number of nitrogens with zero attached hydrogens (tertiary/aromatic N) is 1. The average molecular weight is 411 g/mol. The Kier molecular flexibility index (Phi) is 9.36. The monoisotopic (exact) mass is 411 g/mol. The molecule has 2 N–H and O–H groups in total. The van der Waals surface area contributed by atoms with Crippen molar-refractivity contribution in [2.45, 2.75) is 12.7 Å². The summed E-state index contributed by atoms with van der Waals surface area (Å²) in [6.45, 7) is -0.0218. The number of benzene rings is 1. The third-order valence-corrected chi connectivity index (χ3v) is 4.05. The quantitative estimate of drug-likeness (QED) is 0.343. The number of rotatable bonds is 10. The van der Waals surface area contributed by atoms with Gasteiger partial charge in [-0.05, 0) is 17.7 Å². The summed E-state index contributed by atoms with van der Waals surface area (Å²) >= 11 is 0. The fourth-order valence-electron chi connectivity index (χ4n) is 1.83. The van der Waals surface area contributed by atoms with E-state index < -0.39 is 22.6 Å². The van der Waals surface area contributed by atoms with Crippen LogP contribution in [-0.4, -0.2) is 66.0 Å². The van der Waals surface area contributed by atoms with Gasteiger partial charge in [0.05, 0.1) is 19.0 Å². The van der Waals surface area contributed by atoms with Crippen molar-refractivity contribution in [2.24, 2.45) is 4.99 Å². The van der Waals surface area contributed by atoms with Gasteiger partial charge in [-0.15, -0.1) is 0 Å². The lowest BCUT2D eigenvalue weighted by Crippen LogP contribution is -2.38. The number of alkyl halides is 3. The summed E-state index contributed by atoms with van der Waals surface area (Å²) in [6, 6.07) is 6.24. The van der Waals surface area contributed by atoms with Crippen LogP contribution in [0, 0.1) is 0 Å². The minimum atomic E-state index is -4.37. The Morgan fingerprint density at radius 1 is 1.15 bits per heavy atom. The number of hydrogen-bond donors (Lipinski definition) is 2. The molecule has 11 heteroatoms. The maximum absolute atomic E-state index is 12.1.